The number of carbonyl (C=O) groups excluding carboxylic acids is 2. The van der Waals surface area contributed by atoms with Crippen molar-refractivity contribution >= 4 is 24.2 Å². The van der Waals surface area contributed by atoms with Crippen LogP contribution in [-0.4, -0.2) is 34.8 Å². The van der Waals surface area contributed by atoms with E-state index in [9.17, 15) is 9.59 Å². The average Bonchev–Trinajstić information content (AvgIpc) is 3.12. The number of likely N-dealkylation sites (tertiary alicyclic amines) is 1. The second-order valence-corrected chi connectivity index (χ2v) is 9.53. The third-order valence-corrected chi connectivity index (χ3v) is 7.33. The van der Waals surface area contributed by atoms with Crippen LogP contribution < -0.4 is 11.1 Å². The van der Waals surface area contributed by atoms with Crippen LogP contribution in [0.25, 0.3) is 0 Å². The standard InChI is InChI=1S/C24H35N3O2.ClH/c1-15(2)22(25)24(29)27-20-13-6-4-9-17(20)14-21(27)23(28)26-19-12-7-10-16-8-3-5-11-18(16)19;/h3,5,8,11,15,17,19-22H,4,6-7,9-10,12-14,25H2,1-2H3,(H,26,28);1H. The Balaban J connectivity index is 0.00000256. The van der Waals surface area contributed by atoms with Crippen LogP contribution in [0.3, 0.4) is 0 Å². The molecule has 1 aromatic rings. The van der Waals surface area contributed by atoms with Crippen molar-refractivity contribution in [2.24, 2.45) is 17.6 Å². The number of fused-ring (bicyclic) bond motifs is 2. The molecule has 30 heavy (non-hydrogen) atoms. The number of hydrogen-bond acceptors (Lipinski definition) is 3. The maximum absolute atomic E-state index is 13.4. The topological polar surface area (TPSA) is 75.4 Å². The van der Waals surface area contributed by atoms with Gasteiger partial charge in [-0.1, -0.05) is 51.0 Å². The molecular formula is C24H36ClN3O2. The normalized spacial score (nSPS) is 28.9. The van der Waals surface area contributed by atoms with Crippen LogP contribution in [0.15, 0.2) is 24.3 Å². The molecule has 2 aliphatic carbocycles. The Labute approximate surface area is 186 Å². The summed E-state index contributed by atoms with van der Waals surface area (Å²) in [5.74, 6) is 0.463. The Morgan fingerprint density at radius 2 is 1.83 bits per heavy atom. The summed E-state index contributed by atoms with van der Waals surface area (Å²) >= 11 is 0. The van der Waals surface area contributed by atoms with Gasteiger partial charge in [0.2, 0.25) is 11.8 Å². The summed E-state index contributed by atoms with van der Waals surface area (Å²) < 4.78 is 0. The lowest BCUT2D eigenvalue weighted by Crippen LogP contribution is -2.56. The number of rotatable bonds is 4. The SMILES string of the molecule is CC(C)C(N)C(=O)N1C(C(=O)NC2CCCc3ccccc32)CC2CCCCC21.Cl. The lowest BCUT2D eigenvalue weighted by molar-refractivity contribution is -0.143. The van der Waals surface area contributed by atoms with Gasteiger partial charge in [-0.15, -0.1) is 12.4 Å². The van der Waals surface area contributed by atoms with Gasteiger partial charge in [-0.2, -0.15) is 0 Å². The molecule has 5 nitrogen and oxygen atoms in total. The zero-order valence-corrected chi connectivity index (χ0v) is 19.0. The predicted octanol–water partition coefficient (Wildman–Crippen LogP) is 3.75. The maximum Gasteiger partial charge on any atom is 0.243 e. The van der Waals surface area contributed by atoms with Gasteiger partial charge in [-0.25, -0.2) is 0 Å². The second kappa shape index (κ2) is 9.69. The van der Waals surface area contributed by atoms with E-state index in [1.165, 1.54) is 17.5 Å². The first-order chi connectivity index (χ1) is 14.0. The van der Waals surface area contributed by atoms with Gasteiger partial charge >= 0.3 is 0 Å². The van der Waals surface area contributed by atoms with Gasteiger partial charge in [0.1, 0.15) is 6.04 Å². The molecule has 3 aliphatic rings. The summed E-state index contributed by atoms with van der Waals surface area (Å²) in [6, 6.07) is 7.71. The number of benzene rings is 1. The fraction of sp³-hybridized carbons (Fsp3) is 0.667. The van der Waals surface area contributed by atoms with Crippen LogP contribution in [-0.2, 0) is 16.0 Å². The highest BCUT2D eigenvalue weighted by Crippen LogP contribution is 2.41. The third-order valence-electron chi connectivity index (χ3n) is 7.33. The fourth-order valence-electron chi connectivity index (χ4n) is 5.64. The molecule has 4 rings (SSSR count). The molecule has 1 heterocycles. The molecule has 1 saturated carbocycles. The van der Waals surface area contributed by atoms with E-state index in [2.05, 4.69) is 23.5 Å². The van der Waals surface area contributed by atoms with E-state index in [0.717, 1.165) is 44.9 Å². The minimum Gasteiger partial charge on any atom is -0.347 e. The van der Waals surface area contributed by atoms with Crippen molar-refractivity contribution in [1.82, 2.24) is 10.2 Å². The Bertz CT molecular complexity index is 769. The predicted molar refractivity (Wildman–Crippen MR) is 121 cm³/mol. The fourth-order valence-corrected chi connectivity index (χ4v) is 5.64. The third kappa shape index (κ3) is 4.38. The first-order valence-electron chi connectivity index (χ1n) is 11.4. The van der Waals surface area contributed by atoms with E-state index in [4.69, 9.17) is 5.73 Å². The molecule has 5 atom stereocenters. The largest absolute Gasteiger partial charge is 0.347 e. The zero-order chi connectivity index (χ0) is 20.5. The number of nitrogens with zero attached hydrogens (tertiary/aromatic N) is 1. The average molecular weight is 434 g/mol. The first kappa shape index (κ1) is 23.1. The maximum atomic E-state index is 13.4. The highest BCUT2D eigenvalue weighted by atomic mass is 35.5. The monoisotopic (exact) mass is 433 g/mol. The Morgan fingerprint density at radius 1 is 1.10 bits per heavy atom. The van der Waals surface area contributed by atoms with E-state index in [0.29, 0.717) is 5.92 Å². The molecule has 6 heteroatoms. The summed E-state index contributed by atoms with van der Waals surface area (Å²) in [4.78, 5) is 28.6. The summed E-state index contributed by atoms with van der Waals surface area (Å²) in [6.07, 6.45) is 8.33. The van der Waals surface area contributed by atoms with Gasteiger partial charge in [0.25, 0.3) is 0 Å². The molecule has 0 spiro atoms. The lowest BCUT2D eigenvalue weighted by Gasteiger charge is -2.36. The van der Waals surface area contributed by atoms with Crippen LogP contribution in [0.1, 0.15) is 76.0 Å². The lowest BCUT2D eigenvalue weighted by atomic mass is 9.84. The van der Waals surface area contributed by atoms with Crippen molar-refractivity contribution in [1.29, 1.82) is 0 Å². The molecule has 3 N–H and O–H groups in total. The molecule has 1 saturated heterocycles. The number of hydrogen-bond donors (Lipinski definition) is 2. The minimum atomic E-state index is -0.540. The summed E-state index contributed by atoms with van der Waals surface area (Å²) in [6.45, 7) is 3.95. The van der Waals surface area contributed by atoms with Crippen molar-refractivity contribution < 1.29 is 9.59 Å². The number of halogens is 1. The summed E-state index contributed by atoms with van der Waals surface area (Å²) in [5, 5.41) is 3.31. The molecule has 0 radical (unpaired) electrons. The highest BCUT2D eigenvalue weighted by molar-refractivity contribution is 5.91. The molecule has 2 fully saturated rings. The van der Waals surface area contributed by atoms with Gasteiger partial charge in [0, 0.05) is 6.04 Å². The number of nitrogens with one attached hydrogen (secondary N) is 1. The van der Waals surface area contributed by atoms with Crippen molar-refractivity contribution in [2.75, 3.05) is 0 Å². The van der Waals surface area contributed by atoms with Gasteiger partial charge < -0.3 is 16.0 Å². The van der Waals surface area contributed by atoms with Gasteiger partial charge in [0.15, 0.2) is 0 Å². The zero-order valence-electron chi connectivity index (χ0n) is 18.2. The first-order valence-corrected chi connectivity index (χ1v) is 11.4. The molecule has 0 aromatic heterocycles. The van der Waals surface area contributed by atoms with Crippen molar-refractivity contribution in [3.63, 3.8) is 0 Å². The molecule has 5 unspecified atom stereocenters. The quantitative estimate of drug-likeness (QED) is 0.759. The van der Waals surface area contributed by atoms with Crippen LogP contribution in [0, 0.1) is 11.8 Å². The van der Waals surface area contributed by atoms with Gasteiger partial charge in [0.05, 0.1) is 12.1 Å². The molecule has 2 amide bonds. The highest BCUT2D eigenvalue weighted by Gasteiger charge is 2.48. The van der Waals surface area contributed by atoms with E-state index >= 15 is 0 Å². The van der Waals surface area contributed by atoms with Crippen LogP contribution in [0.5, 0.6) is 0 Å². The molecule has 0 bridgehead atoms. The van der Waals surface area contributed by atoms with E-state index in [1.807, 2.05) is 24.8 Å². The Kier molecular flexibility index (Phi) is 7.46. The van der Waals surface area contributed by atoms with Crippen molar-refractivity contribution in [2.45, 2.75) is 89.4 Å². The van der Waals surface area contributed by atoms with Crippen LogP contribution in [0.2, 0.25) is 0 Å². The summed E-state index contributed by atoms with van der Waals surface area (Å²) in [5.41, 5.74) is 8.82. The Hall–Kier alpha value is -1.59. The van der Waals surface area contributed by atoms with Crippen molar-refractivity contribution in [3.8, 4) is 0 Å². The van der Waals surface area contributed by atoms with E-state index in [1.54, 1.807) is 0 Å². The number of nitrogens with two attached hydrogens (primary N) is 1. The minimum absolute atomic E-state index is 0. The van der Waals surface area contributed by atoms with E-state index in [-0.39, 0.29) is 48.3 Å². The molecule has 166 valence electrons. The second-order valence-electron chi connectivity index (χ2n) is 9.53. The number of aryl methyl sites for hydroxylation is 1. The number of carbonyl (C=O) groups is 2. The Morgan fingerprint density at radius 3 is 2.60 bits per heavy atom. The summed E-state index contributed by atoms with van der Waals surface area (Å²) in [7, 11) is 0. The number of amides is 2. The molecule has 1 aromatic carbocycles. The van der Waals surface area contributed by atoms with Gasteiger partial charge in [-0.05, 0) is 61.5 Å². The molecule has 1 aliphatic heterocycles. The van der Waals surface area contributed by atoms with Gasteiger partial charge in [-0.3, -0.25) is 9.59 Å². The van der Waals surface area contributed by atoms with Crippen molar-refractivity contribution in [3.05, 3.63) is 35.4 Å². The van der Waals surface area contributed by atoms with Crippen LogP contribution in [0.4, 0.5) is 0 Å². The van der Waals surface area contributed by atoms with Crippen LogP contribution >= 0.6 is 12.4 Å². The smallest absolute Gasteiger partial charge is 0.243 e. The molecular weight excluding hydrogens is 398 g/mol. The van der Waals surface area contributed by atoms with E-state index < -0.39 is 6.04 Å².